The van der Waals surface area contributed by atoms with Gasteiger partial charge in [-0.1, -0.05) is 17.7 Å². The SMILES string of the molecule is Fc1cc(Nc2nc(NC3COC3)nc(-c3cccc(Cl)n3)n2)ccn1. The molecule has 3 aromatic rings. The van der Waals surface area contributed by atoms with E-state index in [-0.39, 0.29) is 12.0 Å². The number of ether oxygens (including phenoxy) is 1. The number of pyridine rings is 2. The molecular weight excluding hydrogens is 361 g/mol. The average Bonchev–Trinajstić information content (AvgIpc) is 2.58. The topological polar surface area (TPSA) is 97.7 Å². The maximum absolute atomic E-state index is 13.3. The van der Waals surface area contributed by atoms with E-state index in [1.807, 2.05) is 0 Å². The molecule has 0 atom stereocenters. The summed E-state index contributed by atoms with van der Waals surface area (Å²) in [5.74, 6) is 0.334. The Morgan fingerprint density at radius 1 is 1.08 bits per heavy atom. The summed E-state index contributed by atoms with van der Waals surface area (Å²) in [5, 5.41) is 6.44. The second-order valence-electron chi connectivity index (χ2n) is 5.52. The molecule has 4 heterocycles. The van der Waals surface area contributed by atoms with Crippen LogP contribution in [0.2, 0.25) is 5.15 Å². The summed E-state index contributed by atoms with van der Waals surface area (Å²) in [4.78, 5) is 20.8. The molecule has 0 amide bonds. The van der Waals surface area contributed by atoms with Crippen LogP contribution in [0, 0.1) is 5.95 Å². The first-order valence-corrected chi connectivity index (χ1v) is 8.15. The molecular formula is C16H13ClFN7O. The molecule has 0 saturated carbocycles. The molecule has 1 aliphatic heterocycles. The van der Waals surface area contributed by atoms with E-state index >= 15 is 0 Å². The van der Waals surface area contributed by atoms with Crippen molar-refractivity contribution in [3.05, 3.63) is 47.6 Å². The van der Waals surface area contributed by atoms with Crippen LogP contribution in [0.3, 0.4) is 0 Å². The lowest BCUT2D eigenvalue weighted by atomic mass is 10.3. The van der Waals surface area contributed by atoms with Crippen LogP contribution in [-0.2, 0) is 4.74 Å². The number of hydrogen-bond acceptors (Lipinski definition) is 8. The fourth-order valence-electron chi connectivity index (χ4n) is 2.25. The van der Waals surface area contributed by atoms with Gasteiger partial charge in [0.05, 0.1) is 19.3 Å². The molecule has 0 bridgehead atoms. The highest BCUT2D eigenvalue weighted by molar-refractivity contribution is 6.29. The van der Waals surface area contributed by atoms with Crippen molar-refractivity contribution in [2.75, 3.05) is 23.8 Å². The molecule has 0 spiro atoms. The van der Waals surface area contributed by atoms with Crippen LogP contribution >= 0.6 is 11.6 Å². The van der Waals surface area contributed by atoms with Crippen molar-refractivity contribution < 1.29 is 9.13 Å². The van der Waals surface area contributed by atoms with E-state index < -0.39 is 5.95 Å². The smallest absolute Gasteiger partial charge is 0.232 e. The van der Waals surface area contributed by atoms with Crippen LogP contribution in [-0.4, -0.2) is 44.2 Å². The van der Waals surface area contributed by atoms with Gasteiger partial charge in [-0.25, -0.2) is 9.97 Å². The van der Waals surface area contributed by atoms with E-state index in [2.05, 4.69) is 35.6 Å². The van der Waals surface area contributed by atoms with Gasteiger partial charge in [-0.05, 0) is 18.2 Å². The van der Waals surface area contributed by atoms with E-state index in [0.29, 0.717) is 41.5 Å². The van der Waals surface area contributed by atoms with Gasteiger partial charge in [0.15, 0.2) is 5.82 Å². The largest absolute Gasteiger partial charge is 0.377 e. The molecule has 0 radical (unpaired) electrons. The van der Waals surface area contributed by atoms with Crippen molar-refractivity contribution in [3.63, 3.8) is 0 Å². The molecule has 4 rings (SSSR count). The fourth-order valence-corrected chi connectivity index (χ4v) is 2.42. The van der Waals surface area contributed by atoms with Crippen molar-refractivity contribution in [1.29, 1.82) is 0 Å². The zero-order valence-electron chi connectivity index (χ0n) is 13.4. The van der Waals surface area contributed by atoms with Crippen molar-refractivity contribution >= 4 is 29.2 Å². The maximum Gasteiger partial charge on any atom is 0.232 e. The Bertz CT molecular complexity index is 938. The lowest BCUT2D eigenvalue weighted by Crippen LogP contribution is -2.40. The van der Waals surface area contributed by atoms with Crippen LogP contribution in [0.4, 0.5) is 22.0 Å². The molecule has 0 aromatic carbocycles. The molecule has 3 aromatic heterocycles. The predicted molar refractivity (Wildman–Crippen MR) is 93.8 cm³/mol. The van der Waals surface area contributed by atoms with Gasteiger partial charge in [0.1, 0.15) is 10.8 Å². The highest BCUT2D eigenvalue weighted by atomic mass is 35.5. The number of nitrogens with zero attached hydrogens (tertiary/aromatic N) is 5. The first kappa shape index (κ1) is 16.6. The minimum Gasteiger partial charge on any atom is -0.377 e. The van der Waals surface area contributed by atoms with Gasteiger partial charge in [0.25, 0.3) is 0 Å². The second-order valence-corrected chi connectivity index (χ2v) is 5.91. The van der Waals surface area contributed by atoms with Crippen molar-refractivity contribution in [2.45, 2.75) is 6.04 Å². The Morgan fingerprint density at radius 2 is 1.92 bits per heavy atom. The standard InChI is InChI=1S/C16H13ClFN7O/c17-12-3-1-2-11(22-12)14-23-15(20-9-4-5-19-13(18)6-9)25-16(24-14)21-10-7-26-8-10/h1-6,10H,7-8H2,(H2,19,20,21,23,24,25). The van der Waals surface area contributed by atoms with Gasteiger partial charge < -0.3 is 15.4 Å². The summed E-state index contributed by atoms with van der Waals surface area (Å²) < 4.78 is 18.5. The molecule has 8 nitrogen and oxygen atoms in total. The summed E-state index contributed by atoms with van der Waals surface area (Å²) in [6, 6.07) is 8.14. The number of nitrogens with one attached hydrogen (secondary N) is 2. The Labute approximate surface area is 152 Å². The molecule has 1 aliphatic rings. The van der Waals surface area contributed by atoms with Crippen LogP contribution < -0.4 is 10.6 Å². The monoisotopic (exact) mass is 373 g/mol. The lowest BCUT2D eigenvalue weighted by Gasteiger charge is -2.26. The molecule has 0 aliphatic carbocycles. The van der Waals surface area contributed by atoms with E-state index in [1.165, 1.54) is 12.3 Å². The quantitative estimate of drug-likeness (QED) is 0.659. The fraction of sp³-hybridized carbons (Fsp3) is 0.188. The molecule has 1 fully saturated rings. The Balaban J connectivity index is 1.69. The lowest BCUT2D eigenvalue weighted by molar-refractivity contribution is 0.0208. The van der Waals surface area contributed by atoms with Crippen LogP contribution in [0.5, 0.6) is 0 Å². The van der Waals surface area contributed by atoms with Crippen molar-refractivity contribution in [1.82, 2.24) is 24.9 Å². The predicted octanol–water partition coefficient (Wildman–Crippen LogP) is 2.68. The first-order chi connectivity index (χ1) is 12.7. The minimum absolute atomic E-state index is 0.129. The summed E-state index contributed by atoms with van der Waals surface area (Å²) in [7, 11) is 0. The highest BCUT2D eigenvalue weighted by Crippen LogP contribution is 2.21. The van der Waals surface area contributed by atoms with E-state index in [1.54, 1.807) is 24.3 Å². The Hall–Kier alpha value is -2.91. The Kier molecular flexibility index (Phi) is 4.55. The van der Waals surface area contributed by atoms with Gasteiger partial charge in [-0.2, -0.15) is 19.3 Å². The van der Waals surface area contributed by atoms with E-state index in [0.717, 1.165) is 0 Å². The molecule has 26 heavy (non-hydrogen) atoms. The van der Waals surface area contributed by atoms with Crippen LogP contribution in [0.25, 0.3) is 11.5 Å². The van der Waals surface area contributed by atoms with Crippen molar-refractivity contribution in [3.8, 4) is 11.5 Å². The number of aromatic nitrogens is 5. The zero-order chi connectivity index (χ0) is 17.9. The summed E-state index contributed by atoms with van der Waals surface area (Å²) in [6.45, 7) is 1.16. The average molecular weight is 374 g/mol. The van der Waals surface area contributed by atoms with Gasteiger partial charge in [0.2, 0.25) is 17.8 Å². The van der Waals surface area contributed by atoms with Gasteiger partial charge in [0, 0.05) is 18.0 Å². The third-order valence-corrected chi connectivity index (χ3v) is 3.74. The van der Waals surface area contributed by atoms with E-state index in [9.17, 15) is 4.39 Å². The highest BCUT2D eigenvalue weighted by Gasteiger charge is 2.20. The summed E-state index contributed by atoms with van der Waals surface area (Å²) in [6.07, 6.45) is 1.35. The van der Waals surface area contributed by atoms with Crippen LogP contribution in [0.15, 0.2) is 36.5 Å². The van der Waals surface area contributed by atoms with Gasteiger partial charge in [-0.3, -0.25) is 0 Å². The van der Waals surface area contributed by atoms with Crippen molar-refractivity contribution in [2.24, 2.45) is 0 Å². The van der Waals surface area contributed by atoms with Gasteiger partial charge in [-0.15, -0.1) is 0 Å². The number of rotatable bonds is 5. The number of anilines is 3. The number of hydrogen-bond donors (Lipinski definition) is 2. The minimum atomic E-state index is -0.606. The molecule has 10 heteroatoms. The second kappa shape index (κ2) is 7.14. The maximum atomic E-state index is 13.3. The van der Waals surface area contributed by atoms with Crippen LogP contribution in [0.1, 0.15) is 0 Å². The third kappa shape index (κ3) is 3.84. The summed E-state index contributed by atoms with van der Waals surface area (Å²) in [5.41, 5.74) is 0.961. The number of halogens is 2. The van der Waals surface area contributed by atoms with E-state index in [4.69, 9.17) is 16.3 Å². The first-order valence-electron chi connectivity index (χ1n) is 7.77. The zero-order valence-corrected chi connectivity index (χ0v) is 14.1. The normalized spacial score (nSPS) is 13.9. The molecule has 0 unspecified atom stereocenters. The molecule has 132 valence electrons. The molecule has 2 N–H and O–H groups in total. The third-order valence-electron chi connectivity index (χ3n) is 3.53. The van der Waals surface area contributed by atoms with Gasteiger partial charge >= 0.3 is 0 Å². The Morgan fingerprint density at radius 3 is 2.65 bits per heavy atom. The molecule has 1 saturated heterocycles. The summed E-state index contributed by atoms with van der Waals surface area (Å²) >= 11 is 5.96.